The molecule has 0 atom stereocenters. The van der Waals surface area contributed by atoms with E-state index >= 15 is 0 Å². The minimum atomic E-state index is 0.481. The van der Waals surface area contributed by atoms with Crippen LogP contribution in [0.25, 0.3) is 10.9 Å². The minimum Gasteiger partial charge on any atom is -0.494 e. The summed E-state index contributed by atoms with van der Waals surface area (Å²) in [4.78, 5) is 4.40. The fourth-order valence-corrected chi connectivity index (χ4v) is 3.19. The molecule has 29 heavy (non-hydrogen) atoms. The number of anilines is 1. The number of nitrogens with zero attached hydrogens (tertiary/aromatic N) is 1. The molecule has 2 aromatic carbocycles. The molecule has 7 nitrogen and oxygen atoms in total. The SMILES string of the molecule is COc1cc(CNC(=S)Nc2ccc(OC)c3ncccc23)cc(OC)c1OC. The monoisotopic (exact) mass is 413 g/mol. The van der Waals surface area contributed by atoms with E-state index < -0.39 is 0 Å². The second-order valence-corrected chi connectivity index (χ2v) is 6.46. The molecule has 0 bridgehead atoms. The quantitative estimate of drug-likeness (QED) is 0.568. The van der Waals surface area contributed by atoms with Gasteiger partial charge in [0, 0.05) is 23.8 Å². The lowest BCUT2D eigenvalue weighted by atomic mass is 10.1. The van der Waals surface area contributed by atoms with Crippen LogP contribution in [-0.4, -0.2) is 38.5 Å². The summed E-state index contributed by atoms with van der Waals surface area (Å²) in [6.07, 6.45) is 1.73. The Kier molecular flexibility index (Phi) is 6.56. The largest absolute Gasteiger partial charge is 0.494 e. The van der Waals surface area contributed by atoms with Crippen LogP contribution in [0.5, 0.6) is 23.0 Å². The number of ether oxygens (including phenoxy) is 4. The van der Waals surface area contributed by atoms with E-state index in [4.69, 9.17) is 31.2 Å². The first kappa shape index (κ1) is 20.5. The van der Waals surface area contributed by atoms with Gasteiger partial charge in [-0.15, -0.1) is 0 Å². The molecule has 0 fully saturated rings. The van der Waals surface area contributed by atoms with Crippen molar-refractivity contribution >= 4 is 33.9 Å². The Morgan fingerprint density at radius 3 is 2.24 bits per heavy atom. The number of methoxy groups -OCH3 is 4. The Balaban J connectivity index is 1.75. The lowest BCUT2D eigenvalue weighted by Crippen LogP contribution is -2.28. The molecule has 3 rings (SSSR count). The second-order valence-electron chi connectivity index (χ2n) is 6.06. The maximum absolute atomic E-state index is 5.47. The van der Waals surface area contributed by atoms with Gasteiger partial charge in [0.1, 0.15) is 11.3 Å². The summed E-state index contributed by atoms with van der Waals surface area (Å²) >= 11 is 5.47. The van der Waals surface area contributed by atoms with E-state index in [1.807, 2.05) is 36.4 Å². The van der Waals surface area contributed by atoms with Crippen molar-refractivity contribution in [3.63, 3.8) is 0 Å². The average Bonchev–Trinajstić information content (AvgIpc) is 2.77. The van der Waals surface area contributed by atoms with Crippen LogP contribution in [0.3, 0.4) is 0 Å². The zero-order valence-electron chi connectivity index (χ0n) is 16.7. The van der Waals surface area contributed by atoms with Crippen LogP contribution in [0.2, 0.25) is 0 Å². The first-order chi connectivity index (χ1) is 14.1. The van der Waals surface area contributed by atoms with Gasteiger partial charge in [-0.05, 0) is 54.2 Å². The number of pyridine rings is 1. The highest BCUT2D eigenvalue weighted by Crippen LogP contribution is 2.38. The third-order valence-electron chi connectivity index (χ3n) is 4.38. The highest BCUT2D eigenvalue weighted by Gasteiger charge is 2.13. The summed E-state index contributed by atoms with van der Waals surface area (Å²) in [5, 5.41) is 7.82. The van der Waals surface area contributed by atoms with Gasteiger partial charge in [0.05, 0.1) is 28.4 Å². The number of rotatable bonds is 7. The molecule has 0 radical (unpaired) electrons. The molecule has 0 spiro atoms. The molecule has 1 aromatic heterocycles. The van der Waals surface area contributed by atoms with Crippen molar-refractivity contribution in [2.24, 2.45) is 0 Å². The van der Waals surface area contributed by atoms with Crippen LogP contribution < -0.4 is 29.6 Å². The third kappa shape index (κ3) is 4.43. The molecule has 3 aromatic rings. The molecule has 0 aliphatic heterocycles. The zero-order chi connectivity index (χ0) is 20.8. The van der Waals surface area contributed by atoms with Gasteiger partial charge in [0.15, 0.2) is 16.6 Å². The number of fused-ring (bicyclic) bond motifs is 1. The number of hydrogen-bond acceptors (Lipinski definition) is 6. The van der Waals surface area contributed by atoms with Crippen molar-refractivity contribution in [2.45, 2.75) is 6.54 Å². The first-order valence-corrected chi connectivity index (χ1v) is 9.27. The van der Waals surface area contributed by atoms with Crippen molar-refractivity contribution < 1.29 is 18.9 Å². The summed E-state index contributed by atoms with van der Waals surface area (Å²) in [6.45, 7) is 0.481. The van der Waals surface area contributed by atoms with Crippen LogP contribution >= 0.6 is 12.2 Å². The van der Waals surface area contributed by atoms with Gasteiger partial charge in [0.2, 0.25) is 5.75 Å². The minimum absolute atomic E-state index is 0.481. The zero-order valence-corrected chi connectivity index (χ0v) is 17.6. The van der Waals surface area contributed by atoms with Crippen LogP contribution in [0.1, 0.15) is 5.56 Å². The van der Waals surface area contributed by atoms with Gasteiger partial charge in [-0.3, -0.25) is 4.98 Å². The van der Waals surface area contributed by atoms with E-state index in [9.17, 15) is 0 Å². The second kappa shape index (κ2) is 9.29. The summed E-state index contributed by atoms with van der Waals surface area (Å²) < 4.78 is 21.5. The standard InChI is InChI=1S/C21H23N3O4S/c1-25-16-8-7-15(14-6-5-9-22-19(14)16)24-21(29)23-12-13-10-17(26-2)20(28-4)18(11-13)27-3/h5-11H,12H2,1-4H3,(H2,23,24,29). The molecule has 0 saturated carbocycles. The topological polar surface area (TPSA) is 73.9 Å². The fourth-order valence-electron chi connectivity index (χ4n) is 3.01. The highest BCUT2D eigenvalue weighted by atomic mass is 32.1. The van der Waals surface area contributed by atoms with E-state index in [0.29, 0.717) is 34.7 Å². The Morgan fingerprint density at radius 2 is 1.62 bits per heavy atom. The van der Waals surface area contributed by atoms with Gasteiger partial charge in [-0.1, -0.05) is 0 Å². The summed E-state index contributed by atoms with van der Waals surface area (Å²) in [7, 11) is 6.37. The maximum atomic E-state index is 5.47. The highest BCUT2D eigenvalue weighted by molar-refractivity contribution is 7.80. The lowest BCUT2D eigenvalue weighted by Gasteiger charge is -2.16. The van der Waals surface area contributed by atoms with E-state index in [-0.39, 0.29) is 0 Å². The number of aromatic nitrogens is 1. The third-order valence-corrected chi connectivity index (χ3v) is 4.62. The summed E-state index contributed by atoms with van der Waals surface area (Å²) in [5.41, 5.74) is 2.55. The number of thiocarbonyl (C=S) groups is 1. The lowest BCUT2D eigenvalue weighted by molar-refractivity contribution is 0.323. The molecule has 1 heterocycles. The van der Waals surface area contributed by atoms with Crippen molar-refractivity contribution in [1.29, 1.82) is 0 Å². The van der Waals surface area contributed by atoms with Crippen molar-refractivity contribution in [3.05, 3.63) is 48.2 Å². The van der Waals surface area contributed by atoms with E-state index in [1.54, 1.807) is 34.6 Å². The van der Waals surface area contributed by atoms with Gasteiger partial charge >= 0.3 is 0 Å². The molecule has 0 saturated heterocycles. The van der Waals surface area contributed by atoms with Gasteiger partial charge in [-0.25, -0.2) is 0 Å². The van der Waals surface area contributed by atoms with Crippen LogP contribution in [-0.2, 0) is 6.54 Å². The summed E-state index contributed by atoms with van der Waals surface area (Å²) in [5.74, 6) is 2.45. The van der Waals surface area contributed by atoms with Crippen LogP contribution in [0.4, 0.5) is 5.69 Å². The first-order valence-electron chi connectivity index (χ1n) is 8.86. The number of benzene rings is 2. The van der Waals surface area contributed by atoms with Crippen molar-refractivity contribution in [3.8, 4) is 23.0 Å². The van der Waals surface area contributed by atoms with Crippen LogP contribution in [0.15, 0.2) is 42.6 Å². The molecule has 0 unspecified atom stereocenters. The molecular weight excluding hydrogens is 390 g/mol. The number of hydrogen-bond donors (Lipinski definition) is 2. The van der Waals surface area contributed by atoms with Gasteiger partial charge < -0.3 is 29.6 Å². The molecule has 152 valence electrons. The molecule has 2 N–H and O–H groups in total. The molecular formula is C21H23N3O4S. The average molecular weight is 413 g/mol. The smallest absolute Gasteiger partial charge is 0.203 e. The number of nitrogens with one attached hydrogen (secondary N) is 2. The summed E-state index contributed by atoms with van der Waals surface area (Å²) in [6, 6.07) is 11.4. The predicted octanol–water partition coefficient (Wildman–Crippen LogP) is 3.76. The molecule has 0 aliphatic rings. The Morgan fingerprint density at radius 1 is 0.931 bits per heavy atom. The van der Waals surface area contributed by atoms with Crippen molar-refractivity contribution in [2.75, 3.05) is 33.8 Å². The normalized spacial score (nSPS) is 10.3. The van der Waals surface area contributed by atoms with Crippen LogP contribution in [0, 0.1) is 0 Å². The Labute approximate surface area is 174 Å². The van der Waals surface area contributed by atoms with Gasteiger partial charge in [0.25, 0.3) is 0 Å². The Bertz CT molecular complexity index is 1000. The molecule has 0 aliphatic carbocycles. The Hall–Kier alpha value is -3.26. The van der Waals surface area contributed by atoms with Gasteiger partial charge in [-0.2, -0.15) is 0 Å². The maximum Gasteiger partial charge on any atom is 0.203 e. The fraction of sp³-hybridized carbons (Fsp3) is 0.238. The van der Waals surface area contributed by atoms with Crippen molar-refractivity contribution in [1.82, 2.24) is 10.3 Å². The van der Waals surface area contributed by atoms with E-state index in [0.717, 1.165) is 22.2 Å². The molecule has 0 amide bonds. The predicted molar refractivity (Wildman–Crippen MR) is 117 cm³/mol. The molecule has 8 heteroatoms. The van der Waals surface area contributed by atoms with E-state index in [2.05, 4.69) is 15.6 Å². The van der Waals surface area contributed by atoms with E-state index in [1.165, 1.54) is 0 Å².